The highest BCUT2D eigenvalue weighted by molar-refractivity contribution is 5.92. The molecule has 208 valence electrons. The van der Waals surface area contributed by atoms with E-state index in [1.165, 1.54) is 18.2 Å². The van der Waals surface area contributed by atoms with Gasteiger partial charge in [-0.1, -0.05) is 30.3 Å². The minimum atomic E-state index is -1.00. The smallest absolute Gasteiger partial charge is 0.335 e. The lowest BCUT2D eigenvalue weighted by Crippen LogP contribution is -2.45. The summed E-state index contributed by atoms with van der Waals surface area (Å²) >= 11 is 0. The molecule has 5 aromatic rings. The Bertz CT molecular complexity index is 1760. The maximum atomic E-state index is 15.4. The van der Waals surface area contributed by atoms with Crippen molar-refractivity contribution >= 4 is 17.0 Å². The second kappa shape index (κ2) is 11.1. The molecule has 1 aliphatic heterocycles. The van der Waals surface area contributed by atoms with Gasteiger partial charge in [0.25, 0.3) is 0 Å². The topological polar surface area (TPSA) is 89.3 Å². The number of aryl methyl sites for hydroxylation is 1. The average Bonchev–Trinajstić information content (AvgIpc) is 3.27. The van der Waals surface area contributed by atoms with Crippen LogP contribution in [0.2, 0.25) is 0 Å². The summed E-state index contributed by atoms with van der Waals surface area (Å²) in [4.78, 5) is 20.8. The lowest BCUT2D eigenvalue weighted by atomic mass is 10.0. The number of halogens is 2. The number of ether oxygens (including phenoxy) is 1. The number of carbonyl (C=O) groups is 1. The molecular weight excluding hydrogens is 526 g/mol. The number of hydrogen-bond donors (Lipinski definition) is 2. The SMILES string of the molecule is Cc1ccc(COc2cccc(-c3ccc(Cc4nc5ccc(C(=O)O)cc5n4C[C@@H]4CCN4)c(F)c3)n2)c(F)c1. The maximum Gasteiger partial charge on any atom is 0.335 e. The van der Waals surface area contributed by atoms with Crippen LogP contribution in [0.25, 0.3) is 22.3 Å². The van der Waals surface area contributed by atoms with Gasteiger partial charge in [0.1, 0.15) is 24.1 Å². The Hall–Kier alpha value is -4.63. The molecule has 1 atom stereocenters. The van der Waals surface area contributed by atoms with Crippen LogP contribution in [-0.4, -0.2) is 38.2 Å². The summed E-state index contributed by atoms with van der Waals surface area (Å²) in [6.07, 6.45) is 1.26. The number of aromatic nitrogens is 3. The number of rotatable bonds is 9. The monoisotopic (exact) mass is 554 g/mol. The lowest BCUT2D eigenvalue weighted by molar-refractivity contribution is 0.0697. The Balaban J connectivity index is 1.24. The summed E-state index contributed by atoms with van der Waals surface area (Å²) < 4.78 is 37.3. The molecule has 3 heterocycles. The van der Waals surface area contributed by atoms with E-state index in [9.17, 15) is 14.3 Å². The first-order valence-corrected chi connectivity index (χ1v) is 13.4. The number of imidazole rings is 1. The van der Waals surface area contributed by atoms with Gasteiger partial charge in [0.15, 0.2) is 0 Å². The van der Waals surface area contributed by atoms with E-state index in [4.69, 9.17) is 9.72 Å². The number of nitrogens with one attached hydrogen (secondary N) is 1. The second-order valence-corrected chi connectivity index (χ2v) is 10.3. The van der Waals surface area contributed by atoms with Gasteiger partial charge in [-0.15, -0.1) is 0 Å². The Labute approximate surface area is 235 Å². The van der Waals surface area contributed by atoms with Crippen LogP contribution in [0.1, 0.15) is 39.3 Å². The minimum absolute atomic E-state index is 0.0290. The van der Waals surface area contributed by atoms with Crippen LogP contribution in [0.15, 0.2) is 72.8 Å². The van der Waals surface area contributed by atoms with Crippen LogP contribution < -0.4 is 10.1 Å². The number of benzene rings is 3. The van der Waals surface area contributed by atoms with E-state index in [-0.39, 0.29) is 30.5 Å². The predicted octanol–water partition coefficient (Wildman–Crippen LogP) is 5.91. The zero-order valence-corrected chi connectivity index (χ0v) is 22.4. The average molecular weight is 555 g/mol. The molecule has 7 nitrogen and oxygen atoms in total. The first kappa shape index (κ1) is 26.6. The van der Waals surface area contributed by atoms with Gasteiger partial charge in [-0.25, -0.2) is 23.5 Å². The molecule has 0 spiro atoms. The largest absolute Gasteiger partial charge is 0.478 e. The summed E-state index contributed by atoms with van der Waals surface area (Å²) in [6, 6.07) is 20.2. The van der Waals surface area contributed by atoms with Crippen molar-refractivity contribution in [3.63, 3.8) is 0 Å². The Morgan fingerprint density at radius 2 is 1.83 bits per heavy atom. The summed E-state index contributed by atoms with van der Waals surface area (Å²) in [6.45, 7) is 3.41. The molecule has 41 heavy (non-hydrogen) atoms. The van der Waals surface area contributed by atoms with Crippen molar-refractivity contribution in [2.45, 2.75) is 39.0 Å². The fourth-order valence-electron chi connectivity index (χ4n) is 4.97. The van der Waals surface area contributed by atoms with Crippen LogP contribution in [0.5, 0.6) is 5.88 Å². The quantitative estimate of drug-likeness (QED) is 0.235. The second-order valence-electron chi connectivity index (χ2n) is 10.3. The van der Waals surface area contributed by atoms with Crippen molar-refractivity contribution in [2.75, 3.05) is 6.54 Å². The molecule has 2 N–H and O–H groups in total. The van der Waals surface area contributed by atoms with Crippen molar-refractivity contribution in [3.8, 4) is 17.1 Å². The summed E-state index contributed by atoms with van der Waals surface area (Å²) in [5, 5.41) is 12.8. The number of hydrogen-bond acceptors (Lipinski definition) is 5. The molecule has 1 aliphatic rings. The van der Waals surface area contributed by atoms with Gasteiger partial charge in [-0.3, -0.25) is 0 Å². The molecular formula is C32H28F2N4O3. The molecule has 1 fully saturated rings. The van der Waals surface area contributed by atoms with Crippen LogP contribution in [-0.2, 0) is 19.6 Å². The number of aromatic carboxylic acids is 1. The van der Waals surface area contributed by atoms with Gasteiger partial charge in [-0.2, -0.15) is 0 Å². The summed E-state index contributed by atoms with van der Waals surface area (Å²) in [5.41, 5.74) is 4.41. The zero-order valence-electron chi connectivity index (χ0n) is 22.4. The first-order chi connectivity index (χ1) is 19.8. The number of carboxylic acid groups (broad SMARTS) is 1. The van der Waals surface area contributed by atoms with Gasteiger partial charge in [0.05, 0.1) is 22.3 Å². The van der Waals surface area contributed by atoms with Crippen molar-refractivity contribution in [2.24, 2.45) is 0 Å². The van der Waals surface area contributed by atoms with E-state index in [0.717, 1.165) is 24.0 Å². The van der Waals surface area contributed by atoms with E-state index in [1.807, 2.05) is 17.6 Å². The normalized spacial score (nSPS) is 14.7. The fourth-order valence-corrected chi connectivity index (χ4v) is 4.97. The third kappa shape index (κ3) is 5.67. The number of pyridine rings is 1. The van der Waals surface area contributed by atoms with Crippen molar-refractivity contribution in [1.82, 2.24) is 19.9 Å². The van der Waals surface area contributed by atoms with Gasteiger partial charge >= 0.3 is 5.97 Å². The zero-order chi connectivity index (χ0) is 28.5. The van der Waals surface area contributed by atoms with Crippen molar-refractivity contribution in [1.29, 1.82) is 0 Å². The van der Waals surface area contributed by atoms with Gasteiger partial charge in [0, 0.05) is 36.2 Å². The Morgan fingerprint density at radius 1 is 1.02 bits per heavy atom. The highest BCUT2D eigenvalue weighted by atomic mass is 19.1. The van der Waals surface area contributed by atoms with Crippen LogP contribution in [0.3, 0.4) is 0 Å². The van der Waals surface area contributed by atoms with Gasteiger partial charge in [-0.05, 0) is 67.4 Å². The Kier molecular flexibility index (Phi) is 7.19. The molecule has 9 heteroatoms. The van der Waals surface area contributed by atoms with Crippen LogP contribution >= 0.6 is 0 Å². The van der Waals surface area contributed by atoms with Gasteiger partial charge < -0.3 is 19.7 Å². The third-order valence-electron chi connectivity index (χ3n) is 7.41. The van der Waals surface area contributed by atoms with E-state index in [2.05, 4.69) is 10.3 Å². The molecule has 3 aromatic carbocycles. The predicted molar refractivity (Wildman–Crippen MR) is 151 cm³/mol. The van der Waals surface area contributed by atoms with E-state index in [1.54, 1.807) is 48.5 Å². The summed E-state index contributed by atoms with van der Waals surface area (Å²) in [5.74, 6) is -0.761. The standard InChI is InChI=1S/C32H28F2N4O3/c1-19-5-6-23(25(33)13-19)18-41-31-4-2-3-27(37-31)21-8-7-20(26(34)14-21)16-30-36-28-10-9-22(32(39)40)15-29(28)38(30)17-24-11-12-35-24/h2-10,13-15,24,35H,11-12,16-18H2,1H3,(H,39,40)/t24-/m0/s1. The van der Waals surface area contributed by atoms with E-state index < -0.39 is 11.8 Å². The van der Waals surface area contributed by atoms with Crippen molar-refractivity contribution < 1.29 is 23.4 Å². The molecule has 6 rings (SSSR count). The van der Waals surface area contributed by atoms with Gasteiger partial charge in [0.2, 0.25) is 5.88 Å². The Morgan fingerprint density at radius 3 is 2.56 bits per heavy atom. The molecule has 0 unspecified atom stereocenters. The number of carboxylic acids is 1. The molecule has 0 aliphatic carbocycles. The number of fused-ring (bicyclic) bond motifs is 1. The maximum absolute atomic E-state index is 15.4. The van der Waals surface area contributed by atoms with Crippen molar-refractivity contribution in [3.05, 3.63) is 113 Å². The van der Waals surface area contributed by atoms with E-state index in [0.29, 0.717) is 46.2 Å². The molecule has 1 saturated heterocycles. The van der Waals surface area contributed by atoms with Crippen LogP contribution in [0.4, 0.5) is 8.78 Å². The molecule has 0 amide bonds. The highest BCUT2D eigenvalue weighted by Crippen LogP contribution is 2.26. The minimum Gasteiger partial charge on any atom is -0.478 e. The molecule has 0 saturated carbocycles. The number of nitrogens with zero attached hydrogens (tertiary/aromatic N) is 3. The molecule has 0 radical (unpaired) electrons. The first-order valence-electron chi connectivity index (χ1n) is 13.4. The lowest BCUT2D eigenvalue weighted by Gasteiger charge is -2.28. The third-order valence-corrected chi connectivity index (χ3v) is 7.41. The molecule has 0 bridgehead atoms. The van der Waals surface area contributed by atoms with E-state index >= 15 is 4.39 Å². The molecule has 2 aromatic heterocycles. The fraction of sp³-hybridized carbons (Fsp3) is 0.219. The highest BCUT2D eigenvalue weighted by Gasteiger charge is 2.22. The summed E-state index contributed by atoms with van der Waals surface area (Å²) in [7, 11) is 0. The van der Waals surface area contributed by atoms with Crippen LogP contribution in [0, 0.1) is 18.6 Å².